The number of likely N-dealkylation sites (N-methyl/N-ethyl adjacent to an activating group) is 1. The molecule has 1 aliphatic rings. The molecule has 5 unspecified atom stereocenters. The zero-order valence-electron chi connectivity index (χ0n) is 26.8. The third-order valence-electron chi connectivity index (χ3n) is 8.85. The SMILES string of the molecule is CC[C@@H](OC(=O)C(C)[C@@H](OC)[C@H](C)[C@@H](OC1OC(C)CC(N(C)C)[C@H]1O)C(C)C[C@@H](C)C(C)=O)[C@@](C)(O)[C@@H](C)O. The van der Waals surface area contributed by atoms with Crippen LogP contribution in [-0.4, -0.2) is 108 Å². The molecule has 0 aromatic rings. The smallest absolute Gasteiger partial charge is 0.311 e. The van der Waals surface area contributed by atoms with Crippen LogP contribution in [0.1, 0.15) is 81.6 Å². The van der Waals surface area contributed by atoms with Gasteiger partial charge >= 0.3 is 5.97 Å². The van der Waals surface area contributed by atoms with E-state index >= 15 is 0 Å². The molecule has 10 nitrogen and oxygen atoms in total. The number of ketones is 1. The topological polar surface area (TPSA) is 135 Å². The highest BCUT2D eigenvalue weighted by molar-refractivity contribution is 5.77. The average Bonchev–Trinajstić information content (AvgIpc) is 2.86. The van der Waals surface area contributed by atoms with Crippen molar-refractivity contribution < 1.29 is 43.9 Å². The third kappa shape index (κ3) is 9.44. The lowest BCUT2D eigenvalue weighted by atomic mass is 9.80. The van der Waals surface area contributed by atoms with Crippen molar-refractivity contribution in [3.8, 4) is 0 Å². The molecule has 40 heavy (non-hydrogen) atoms. The van der Waals surface area contributed by atoms with Crippen LogP contribution in [0.4, 0.5) is 0 Å². The highest BCUT2D eigenvalue weighted by atomic mass is 16.7. The molecule has 0 radical (unpaired) electrons. The summed E-state index contributed by atoms with van der Waals surface area (Å²) in [6.07, 6.45) is -3.60. The number of carbonyl (C=O) groups is 2. The number of hydrogen-bond acceptors (Lipinski definition) is 10. The second kappa shape index (κ2) is 15.9. The molecule has 1 aliphatic heterocycles. The monoisotopic (exact) mass is 575 g/mol. The summed E-state index contributed by atoms with van der Waals surface area (Å²) < 4.78 is 24.2. The molecule has 1 saturated heterocycles. The summed E-state index contributed by atoms with van der Waals surface area (Å²) in [4.78, 5) is 27.3. The van der Waals surface area contributed by atoms with Crippen molar-refractivity contribution in [1.82, 2.24) is 4.90 Å². The van der Waals surface area contributed by atoms with Crippen LogP contribution in [0.5, 0.6) is 0 Å². The predicted octanol–water partition coefficient (Wildman–Crippen LogP) is 2.79. The van der Waals surface area contributed by atoms with Crippen molar-refractivity contribution in [2.75, 3.05) is 21.2 Å². The Morgan fingerprint density at radius 1 is 1.12 bits per heavy atom. The van der Waals surface area contributed by atoms with E-state index in [1.54, 1.807) is 20.8 Å². The number of aliphatic hydroxyl groups excluding tert-OH is 2. The molecule has 0 aromatic heterocycles. The van der Waals surface area contributed by atoms with Crippen molar-refractivity contribution in [1.29, 1.82) is 0 Å². The van der Waals surface area contributed by atoms with Crippen molar-refractivity contribution in [2.24, 2.45) is 23.7 Å². The second-order valence-corrected chi connectivity index (χ2v) is 12.5. The molecule has 0 bridgehead atoms. The molecule has 1 rings (SSSR count). The van der Waals surface area contributed by atoms with E-state index in [9.17, 15) is 24.9 Å². The Bertz CT molecular complexity index is 789. The number of ether oxygens (including phenoxy) is 4. The van der Waals surface area contributed by atoms with E-state index in [2.05, 4.69) is 0 Å². The van der Waals surface area contributed by atoms with Crippen LogP contribution in [0.2, 0.25) is 0 Å². The molecule has 0 aliphatic carbocycles. The lowest BCUT2D eigenvalue weighted by Gasteiger charge is -2.45. The number of aliphatic hydroxyl groups is 3. The minimum atomic E-state index is -1.62. The Balaban J connectivity index is 3.29. The van der Waals surface area contributed by atoms with Gasteiger partial charge in [-0.15, -0.1) is 0 Å². The van der Waals surface area contributed by atoms with E-state index in [4.69, 9.17) is 18.9 Å². The first-order valence-corrected chi connectivity index (χ1v) is 14.7. The largest absolute Gasteiger partial charge is 0.459 e. The van der Waals surface area contributed by atoms with Gasteiger partial charge in [0.05, 0.1) is 30.3 Å². The zero-order chi connectivity index (χ0) is 31.1. The molecular formula is C30H57NO9. The summed E-state index contributed by atoms with van der Waals surface area (Å²) in [6, 6.07) is -0.157. The van der Waals surface area contributed by atoms with Gasteiger partial charge in [-0.1, -0.05) is 27.7 Å². The van der Waals surface area contributed by atoms with Gasteiger partial charge in [0.2, 0.25) is 0 Å². The zero-order valence-corrected chi connectivity index (χ0v) is 26.8. The first-order valence-electron chi connectivity index (χ1n) is 14.7. The van der Waals surface area contributed by atoms with E-state index in [1.165, 1.54) is 21.0 Å². The maximum atomic E-state index is 13.3. The Morgan fingerprint density at radius 3 is 2.15 bits per heavy atom. The lowest BCUT2D eigenvalue weighted by molar-refractivity contribution is -0.283. The van der Waals surface area contributed by atoms with Gasteiger partial charge < -0.3 is 39.2 Å². The fourth-order valence-electron chi connectivity index (χ4n) is 5.77. The second-order valence-electron chi connectivity index (χ2n) is 12.5. The van der Waals surface area contributed by atoms with Gasteiger partial charge in [-0.05, 0) is 73.9 Å². The van der Waals surface area contributed by atoms with Crippen LogP contribution < -0.4 is 0 Å². The molecule has 13 atom stereocenters. The van der Waals surface area contributed by atoms with Crippen molar-refractivity contribution in [3.05, 3.63) is 0 Å². The van der Waals surface area contributed by atoms with E-state index in [1.807, 2.05) is 46.7 Å². The van der Waals surface area contributed by atoms with E-state index in [0.717, 1.165) is 0 Å². The lowest BCUT2D eigenvalue weighted by Crippen LogP contribution is -2.56. The molecule has 1 fully saturated rings. The molecule has 3 N–H and O–H groups in total. The number of rotatable bonds is 16. The molecule has 10 heteroatoms. The fourth-order valence-corrected chi connectivity index (χ4v) is 5.77. The Labute approximate surface area is 241 Å². The Morgan fingerprint density at radius 2 is 1.70 bits per heavy atom. The summed E-state index contributed by atoms with van der Waals surface area (Å²) in [5.74, 6) is -1.94. The van der Waals surface area contributed by atoms with Gasteiger partial charge in [0, 0.05) is 25.0 Å². The van der Waals surface area contributed by atoms with Gasteiger partial charge in [0.15, 0.2) is 6.29 Å². The van der Waals surface area contributed by atoms with Crippen molar-refractivity contribution >= 4 is 11.8 Å². The van der Waals surface area contributed by atoms with Gasteiger partial charge in [-0.2, -0.15) is 0 Å². The van der Waals surface area contributed by atoms with Crippen LogP contribution in [0.3, 0.4) is 0 Å². The predicted molar refractivity (Wildman–Crippen MR) is 153 cm³/mol. The number of methoxy groups -OCH3 is 1. The molecule has 1 heterocycles. The van der Waals surface area contributed by atoms with Crippen LogP contribution in [0.15, 0.2) is 0 Å². The Kier molecular flexibility index (Phi) is 14.7. The van der Waals surface area contributed by atoms with E-state index in [-0.39, 0.29) is 35.7 Å². The highest BCUT2D eigenvalue weighted by Crippen LogP contribution is 2.34. The van der Waals surface area contributed by atoms with Crippen molar-refractivity contribution in [2.45, 2.75) is 136 Å². The van der Waals surface area contributed by atoms with Crippen LogP contribution >= 0.6 is 0 Å². The highest BCUT2D eigenvalue weighted by Gasteiger charge is 2.45. The number of hydrogen-bond donors (Lipinski definition) is 3. The summed E-state index contributed by atoms with van der Waals surface area (Å²) in [6.45, 7) is 15.7. The molecule has 0 saturated carbocycles. The number of Topliss-reactive ketones (excluding diaryl/α,β-unsaturated/α-hetero) is 1. The maximum absolute atomic E-state index is 13.3. The third-order valence-corrected chi connectivity index (χ3v) is 8.85. The van der Waals surface area contributed by atoms with Gasteiger partial charge in [0.25, 0.3) is 0 Å². The molecule has 0 spiro atoms. The Hall–Kier alpha value is -1.14. The number of esters is 1. The van der Waals surface area contributed by atoms with Crippen LogP contribution in [0, 0.1) is 23.7 Å². The quantitative estimate of drug-likeness (QED) is 0.236. The standard InChI is InChI=1S/C30H57NO9/c1-13-24(30(9,36)22(8)33)39-28(35)20(6)27(37-12)19(5)26(17(3)14-16(2)21(7)32)40-29-25(34)23(31(10)11)15-18(4)38-29/h16-20,22-27,29,33-34,36H,13-15H2,1-12H3/t16-,17?,18?,19-,20?,22-,23?,24-,25-,26+,27+,29?,30+/m1/s1. The fraction of sp³-hybridized carbons (Fsp3) is 0.933. The summed E-state index contributed by atoms with van der Waals surface area (Å²) in [7, 11) is 5.34. The normalized spacial score (nSPS) is 29.4. The van der Waals surface area contributed by atoms with Crippen LogP contribution in [0.25, 0.3) is 0 Å². The molecule has 236 valence electrons. The summed E-state index contributed by atoms with van der Waals surface area (Å²) in [5.41, 5.74) is -1.62. The van der Waals surface area contributed by atoms with Crippen LogP contribution in [-0.2, 0) is 28.5 Å². The molecule has 0 amide bonds. The minimum Gasteiger partial charge on any atom is -0.459 e. The molecule has 0 aromatic carbocycles. The van der Waals surface area contributed by atoms with E-state index in [0.29, 0.717) is 19.3 Å². The average molecular weight is 576 g/mol. The summed E-state index contributed by atoms with van der Waals surface area (Å²) >= 11 is 0. The van der Waals surface area contributed by atoms with Crippen molar-refractivity contribution in [3.63, 3.8) is 0 Å². The number of nitrogens with zero attached hydrogens (tertiary/aromatic N) is 1. The first-order chi connectivity index (χ1) is 18.4. The first kappa shape index (κ1) is 36.9. The van der Waals surface area contributed by atoms with Gasteiger partial charge in [-0.25, -0.2) is 0 Å². The number of carbonyl (C=O) groups excluding carboxylic acids is 2. The van der Waals surface area contributed by atoms with Gasteiger partial charge in [-0.3, -0.25) is 9.59 Å². The molecular weight excluding hydrogens is 518 g/mol. The summed E-state index contributed by atoms with van der Waals surface area (Å²) in [5, 5.41) is 31.9. The van der Waals surface area contributed by atoms with Gasteiger partial charge in [0.1, 0.15) is 23.6 Å². The maximum Gasteiger partial charge on any atom is 0.311 e. The van der Waals surface area contributed by atoms with E-state index < -0.39 is 54.3 Å². The minimum absolute atomic E-state index is 0.0736.